The molecule has 0 N–H and O–H groups in total. The molecule has 0 radical (unpaired) electrons. The van der Waals surface area contributed by atoms with Crippen molar-refractivity contribution < 1.29 is 23.9 Å². The van der Waals surface area contributed by atoms with Crippen molar-refractivity contribution >= 4 is 45.0 Å². The molecule has 2 saturated heterocycles. The van der Waals surface area contributed by atoms with Crippen molar-refractivity contribution in [1.29, 1.82) is 0 Å². The first-order valence-corrected chi connectivity index (χ1v) is 13.3. The number of nitrogens with zero attached hydrogens (tertiary/aromatic N) is 2. The topological polar surface area (TPSA) is 84.0 Å². The lowest BCUT2D eigenvalue weighted by Gasteiger charge is -2.32. The number of imide groups is 1. The van der Waals surface area contributed by atoms with Gasteiger partial charge in [0, 0.05) is 27.4 Å². The number of Topliss-reactive ketones (excluding diaryl/α,β-unsaturated/α-hetero) is 2. The first kappa shape index (κ1) is 25.0. The van der Waals surface area contributed by atoms with Gasteiger partial charge in [0.2, 0.25) is 11.8 Å². The Morgan fingerprint density at radius 1 is 0.821 bits per heavy atom. The summed E-state index contributed by atoms with van der Waals surface area (Å²) in [6, 6.07) is 20.9. The first-order valence-electron chi connectivity index (χ1n) is 12.5. The average molecular weight is 583 g/mol. The number of carbonyl (C=O) groups excluding carboxylic acids is 4. The molecule has 0 unspecified atom stereocenters. The summed E-state index contributed by atoms with van der Waals surface area (Å²) < 4.78 is 6.04. The first-order chi connectivity index (χ1) is 18.9. The van der Waals surface area contributed by atoms with Gasteiger partial charge < -0.3 is 9.64 Å². The number of halogens is 1. The van der Waals surface area contributed by atoms with Gasteiger partial charge >= 0.3 is 0 Å². The number of benzene rings is 3. The summed E-state index contributed by atoms with van der Waals surface area (Å²) >= 11 is 3.39. The van der Waals surface area contributed by atoms with Crippen LogP contribution in [0.25, 0.3) is 0 Å². The van der Waals surface area contributed by atoms with Crippen molar-refractivity contribution in [3.63, 3.8) is 0 Å². The highest BCUT2D eigenvalue weighted by molar-refractivity contribution is 9.10. The molecule has 3 aromatic carbocycles. The minimum absolute atomic E-state index is 0.186. The Morgan fingerprint density at radius 2 is 1.49 bits per heavy atom. The Bertz CT molecular complexity index is 1550. The maximum Gasteiger partial charge on any atom is 0.240 e. The van der Waals surface area contributed by atoms with Crippen molar-refractivity contribution in [2.45, 2.75) is 12.1 Å². The number of amides is 2. The van der Waals surface area contributed by atoms with Crippen LogP contribution in [0.15, 0.2) is 107 Å². The Kier molecular flexibility index (Phi) is 6.27. The molecule has 194 valence electrons. The second kappa shape index (κ2) is 9.78. The molecule has 0 aromatic heterocycles. The van der Waals surface area contributed by atoms with E-state index in [1.807, 2.05) is 6.07 Å². The smallest absolute Gasteiger partial charge is 0.240 e. The summed E-state index contributed by atoms with van der Waals surface area (Å²) in [5.74, 6) is -2.41. The summed E-state index contributed by atoms with van der Waals surface area (Å²) in [7, 11) is 1.54. The molecule has 0 spiro atoms. The van der Waals surface area contributed by atoms with Gasteiger partial charge in [-0.15, -0.1) is 0 Å². The molecule has 0 bridgehead atoms. The number of rotatable bonds is 6. The van der Waals surface area contributed by atoms with Crippen LogP contribution in [-0.2, 0) is 9.59 Å². The number of anilines is 1. The zero-order valence-corrected chi connectivity index (χ0v) is 22.4. The molecule has 7 nitrogen and oxygen atoms in total. The predicted octanol–water partition coefficient (Wildman–Crippen LogP) is 4.84. The van der Waals surface area contributed by atoms with Crippen molar-refractivity contribution in [3.05, 3.63) is 118 Å². The van der Waals surface area contributed by atoms with Crippen molar-refractivity contribution in [3.8, 4) is 5.75 Å². The van der Waals surface area contributed by atoms with Gasteiger partial charge in [0.1, 0.15) is 11.8 Å². The van der Waals surface area contributed by atoms with Crippen LogP contribution in [0, 0.1) is 11.8 Å². The fourth-order valence-corrected chi connectivity index (χ4v) is 5.99. The average Bonchev–Trinajstić information content (AvgIpc) is 3.44. The second-order valence-corrected chi connectivity index (χ2v) is 10.6. The fraction of sp³-hybridized carbons (Fsp3) is 0.161. The van der Waals surface area contributed by atoms with Crippen molar-refractivity contribution in [2.24, 2.45) is 11.8 Å². The lowest BCUT2D eigenvalue weighted by atomic mass is 9.85. The summed E-state index contributed by atoms with van der Waals surface area (Å²) in [6.07, 6.45) is 5.06. The van der Waals surface area contributed by atoms with Crippen LogP contribution < -0.4 is 9.64 Å². The number of hydrogen-bond donors (Lipinski definition) is 0. The summed E-state index contributed by atoms with van der Waals surface area (Å²) in [5.41, 5.74) is 1.79. The van der Waals surface area contributed by atoms with E-state index in [1.54, 1.807) is 96.0 Å². The van der Waals surface area contributed by atoms with Crippen LogP contribution in [0.5, 0.6) is 5.75 Å². The number of hydrogen-bond acceptors (Lipinski definition) is 6. The fourth-order valence-electron chi connectivity index (χ4n) is 5.72. The van der Waals surface area contributed by atoms with E-state index in [2.05, 4.69) is 15.9 Å². The predicted molar refractivity (Wildman–Crippen MR) is 148 cm³/mol. The van der Waals surface area contributed by atoms with E-state index < -0.39 is 35.7 Å². The Morgan fingerprint density at radius 3 is 2.15 bits per heavy atom. The van der Waals surface area contributed by atoms with E-state index in [0.717, 1.165) is 4.47 Å². The normalized spacial score (nSPS) is 23.4. The molecule has 3 heterocycles. The number of fused-ring (bicyclic) bond motifs is 3. The Hall–Kier alpha value is -4.30. The van der Waals surface area contributed by atoms with Crippen LogP contribution in [-0.4, -0.2) is 47.5 Å². The van der Waals surface area contributed by atoms with Crippen molar-refractivity contribution in [2.75, 3.05) is 12.0 Å². The maximum absolute atomic E-state index is 13.9. The molecule has 8 heteroatoms. The Labute approximate surface area is 233 Å². The van der Waals surface area contributed by atoms with E-state index >= 15 is 0 Å². The molecule has 3 aliphatic rings. The van der Waals surface area contributed by atoms with Gasteiger partial charge in [-0.1, -0.05) is 64.5 Å². The van der Waals surface area contributed by atoms with Gasteiger partial charge in [-0.3, -0.25) is 19.2 Å². The molecule has 2 amide bonds. The highest BCUT2D eigenvalue weighted by Gasteiger charge is 2.63. The van der Waals surface area contributed by atoms with Gasteiger partial charge in [-0.25, -0.2) is 4.90 Å². The Balaban J connectivity index is 1.42. The van der Waals surface area contributed by atoms with Crippen LogP contribution in [0.4, 0.5) is 5.69 Å². The quantitative estimate of drug-likeness (QED) is 0.305. The molecule has 4 atom stereocenters. The molecule has 6 rings (SSSR count). The molecule has 2 fully saturated rings. The number of ketones is 2. The molecule has 39 heavy (non-hydrogen) atoms. The zero-order chi connectivity index (χ0) is 27.3. The van der Waals surface area contributed by atoms with Crippen LogP contribution in [0.1, 0.15) is 20.7 Å². The minimum atomic E-state index is -0.909. The van der Waals surface area contributed by atoms with Crippen molar-refractivity contribution in [1.82, 2.24) is 4.90 Å². The summed E-state index contributed by atoms with van der Waals surface area (Å²) in [4.78, 5) is 57.9. The number of allylic oxidation sites excluding steroid dienone is 2. The lowest BCUT2D eigenvalue weighted by molar-refractivity contribution is -0.123. The van der Waals surface area contributed by atoms with E-state index in [1.165, 1.54) is 12.0 Å². The third kappa shape index (κ3) is 4.12. The van der Waals surface area contributed by atoms with Gasteiger partial charge in [0.05, 0.1) is 30.7 Å². The maximum atomic E-state index is 13.9. The number of ether oxygens (including phenoxy) is 1. The minimum Gasteiger partial charge on any atom is -0.497 e. The third-order valence-electron chi connectivity index (χ3n) is 7.57. The monoisotopic (exact) mass is 582 g/mol. The molecule has 0 saturated carbocycles. The molecular weight excluding hydrogens is 560 g/mol. The summed E-state index contributed by atoms with van der Waals surface area (Å²) in [5, 5.41) is 0. The van der Waals surface area contributed by atoms with Gasteiger partial charge in [-0.2, -0.15) is 0 Å². The van der Waals surface area contributed by atoms with E-state index in [-0.39, 0.29) is 11.6 Å². The third-order valence-corrected chi connectivity index (χ3v) is 8.10. The highest BCUT2D eigenvalue weighted by Crippen LogP contribution is 2.47. The van der Waals surface area contributed by atoms with Crippen LogP contribution in [0.2, 0.25) is 0 Å². The second-order valence-electron chi connectivity index (χ2n) is 9.65. The van der Waals surface area contributed by atoms with E-state index in [9.17, 15) is 19.2 Å². The van der Waals surface area contributed by atoms with Gasteiger partial charge in [-0.05, 0) is 42.5 Å². The van der Waals surface area contributed by atoms with Crippen LogP contribution >= 0.6 is 15.9 Å². The highest BCUT2D eigenvalue weighted by atomic mass is 79.9. The number of methoxy groups -OCH3 is 1. The SMILES string of the molecule is COc1ccc(N2C(=O)[C@@H]3[C@@H](C2=O)[C@@H]2C=C(C(=O)c4ccccc4)C=CN2[C@@H]3C(=O)c2ccc(Br)cc2)cc1. The number of carbonyl (C=O) groups is 4. The zero-order valence-electron chi connectivity index (χ0n) is 20.9. The van der Waals surface area contributed by atoms with Gasteiger partial charge in [0.25, 0.3) is 0 Å². The standard InChI is InChI=1S/C31H23BrN2O5/c1-39-23-13-11-22(12-14-23)34-30(37)25-24-17-20(28(35)18-5-3-2-4-6-18)15-16-33(24)27(26(25)31(34)38)29(36)19-7-9-21(32)10-8-19/h2-17,24-27H,1H3/t24-,25-,26+,27-/m0/s1. The van der Waals surface area contributed by atoms with Crippen LogP contribution in [0.3, 0.4) is 0 Å². The molecule has 3 aromatic rings. The largest absolute Gasteiger partial charge is 0.497 e. The molecular formula is C31H23BrN2O5. The van der Waals surface area contributed by atoms with E-state index in [0.29, 0.717) is 28.1 Å². The lowest BCUT2D eigenvalue weighted by Crippen LogP contribution is -2.46. The summed E-state index contributed by atoms with van der Waals surface area (Å²) in [6.45, 7) is 0. The molecule has 3 aliphatic heterocycles. The van der Waals surface area contributed by atoms with Gasteiger partial charge in [0.15, 0.2) is 11.6 Å². The van der Waals surface area contributed by atoms with E-state index in [4.69, 9.17) is 4.74 Å². The molecule has 0 aliphatic carbocycles.